The zero-order valence-corrected chi connectivity index (χ0v) is 14.4. The van der Waals surface area contributed by atoms with Crippen molar-refractivity contribution >= 4 is 10.9 Å². The van der Waals surface area contributed by atoms with E-state index in [-0.39, 0.29) is 0 Å². The molecule has 2 heteroatoms. The SMILES string of the molecule is CCC(CC)c1cc(C)cc(-c2nc(C)c3ccccc3n2)c1. The molecule has 0 amide bonds. The van der Waals surface area contributed by atoms with Crippen molar-refractivity contribution in [3.05, 3.63) is 59.3 Å². The van der Waals surface area contributed by atoms with Crippen molar-refractivity contribution in [1.82, 2.24) is 9.97 Å². The smallest absolute Gasteiger partial charge is 0.160 e. The quantitative estimate of drug-likeness (QED) is 0.607. The third kappa shape index (κ3) is 3.12. The minimum Gasteiger partial charge on any atom is -0.233 e. The van der Waals surface area contributed by atoms with Gasteiger partial charge in [-0.3, -0.25) is 0 Å². The van der Waals surface area contributed by atoms with Crippen LogP contribution in [0.25, 0.3) is 22.3 Å². The Morgan fingerprint density at radius 3 is 2.39 bits per heavy atom. The second-order valence-electron chi connectivity index (χ2n) is 6.30. The molecule has 2 aromatic carbocycles. The largest absolute Gasteiger partial charge is 0.233 e. The Morgan fingerprint density at radius 1 is 0.913 bits per heavy atom. The molecule has 0 radical (unpaired) electrons. The highest BCUT2D eigenvalue weighted by Crippen LogP contribution is 2.29. The maximum Gasteiger partial charge on any atom is 0.160 e. The van der Waals surface area contributed by atoms with E-state index in [2.05, 4.69) is 58.0 Å². The predicted molar refractivity (Wildman–Crippen MR) is 97.8 cm³/mol. The van der Waals surface area contributed by atoms with Crippen molar-refractivity contribution < 1.29 is 0 Å². The van der Waals surface area contributed by atoms with Gasteiger partial charge in [0.1, 0.15) is 0 Å². The topological polar surface area (TPSA) is 25.8 Å². The maximum atomic E-state index is 4.79. The third-order valence-corrected chi connectivity index (χ3v) is 4.61. The molecular weight excluding hydrogens is 280 g/mol. The van der Waals surface area contributed by atoms with E-state index < -0.39 is 0 Å². The molecule has 118 valence electrons. The first-order chi connectivity index (χ1) is 11.1. The van der Waals surface area contributed by atoms with E-state index in [0.29, 0.717) is 5.92 Å². The molecule has 0 aliphatic rings. The Balaban J connectivity index is 2.15. The summed E-state index contributed by atoms with van der Waals surface area (Å²) in [6.45, 7) is 8.73. The highest BCUT2D eigenvalue weighted by atomic mass is 14.9. The molecule has 3 aromatic rings. The van der Waals surface area contributed by atoms with Crippen molar-refractivity contribution in [3.8, 4) is 11.4 Å². The minimum absolute atomic E-state index is 0.607. The minimum atomic E-state index is 0.607. The summed E-state index contributed by atoms with van der Waals surface area (Å²) in [4.78, 5) is 9.54. The second-order valence-corrected chi connectivity index (χ2v) is 6.30. The van der Waals surface area contributed by atoms with E-state index in [1.807, 2.05) is 12.1 Å². The molecule has 0 unspecified atom stereocenters. The van der Waals surface area contributed by atoms with Crippen molar-refractivity contribution in [2.45, 2.75) is 46.5 Å². The molecular formula is C21H24N2. The zero-order chi connectivity index (χ0) is 16.4. The number of nitrogens with zero attached hydrogens (tertiary/aromatic N) is 2. The van der Waals surface area contributed by atoms with Gasteiger partial charge in [-0.1, -0.05) is 43.7 Å². The van der Waals surface area contributed by atoms with Crippen LogP contribution in [-0.2, 0) is 0 Å². The first-order valence-corrected chi connectivity index (χ1v) is 8.47. The third-order valence-electron chi connectivity index (χ3n) is 4.61. The van der Waals surface area contributed by atoms with Gasteiger partial charge < -0.3 is 0 Å². The summed E-state index contributed by atoms with van der Waals surface area (Å²) in [6.07, 6.45) is 2.33. The van der Waals surface area contributed by atoms with Gasteiger partial charge in [0.15, 0.2) is 5.82 Å². The Kier molecular flexibility index (Phi) is 4.42. The van der Waals surface area contributed by atoms with Crippen LogP contribution >= 0.6 is 0 Å². The molecule has 0 spiro atoms. The van der Waals surface area contributed by atoms with E-state index in [1.54, 1.807) is 0 Å². The van der Waals surface area contributed by atoms with Crippen molar-refractivity contribution in [3.63, 3.8) is 0 Å². The molecule has 23 heavy (non-hydrogen) atoms. The molecule has 2 nitrogen and oxygen atoms in total. The molecule has 3 rings (SSSR count). The number of hydrogen-bond acceptors (Lipinski definition) is 2. The number of rotatable bonds is 4. The zero-order valence-electron chi connectivity index (χ0n) is 14.4. The van der Waals surface area contributed by atoms with Crippen LogP contribution < -0.4 is 0 Å². The van der Waals surface area contributed by atoms with E-state index in [0.717, 1.165) is 40.8 Å². The molecule has 0 atom stereocenters. The van der Waals surface area contributed by atoms with Gasteiger partial charge in [-0.05, 0) is 56.4 Å². The van der Waals surface area contributed by atoms with Gasteiger partial charge >= 0.3 is 0 Å². The molecule has 0 saturated carbocycles. The summed E-state index contributed by atoms with van der Waals surface area (Å²) in [5.41, 5.74) is 5.86. The van der Waals surface area contributed by atoms with Crippen LogP contribution in [0.3, 0.4) is 0 Å². The van der Waals surface area contributed by atoms with E-state index >= 15 is 0 Å². The highest BCUT2D eigenvalue weighted by molar-refractivity contribution is 5.82. The van der Waals surface area contributed by atoms with Gasteiger partial charge in [-0.15, -0.1) is 0 Å². The molecule has 1 heterocycles. The van der Waals surface area contributed by atoms with Crippen LogP contribution in [0.5, 0.6) is 0 Å². The lowest BCUT2D eigenvalue weighted by Gasteiger charge is -2.15. The Morgan fingerprint density at radius 2 is 1.65 bits per heavy atom. The predicted octanol–water partition coefficient (Wildman–Crippen LogP) is 5.82. The summed E-state index contributed by atoms with van der Waals surface area (Å²) >= 11 is 0. The van der Waals surface area contributed by atoms with E-state index in [4.69, 9.17) is 9.97 Å². The van der Waals surface area contributed by atoms with E-state index in [9.17, 15) is 0 Å². The van der Waals surface area contributed by atoms with Crippen molar-refractivity contribution in [1.29, 1.82) is 0 Å². The lowest BCUT2D eigenvalue weighted by molar-refractivity contribution is 0.641. The van der Waals surface area contributed by atoms with E-state index in [1.165, 1.54) is 11.1 Å². The molecule has 0 bridgehead atoms. The highest BCUT2D eigenvalue weighted by Gasteiger charge is 2.12. The first-order valence-electron chi connectivity index (χ1n) is 8.47. The van der Waals surface area contributed by atoms with Gasteiger partial charge in [-0.2, -0.15) is 0 Å². The number of benzene rings is 2. The standard InChI is InChI=1S/C21H24N2/c1-5-16(6-2)17-11-14(3)12-18(13-17)21-22-15(4)19-9-7-8-10-20(19)23-21/h7-13,16H,5-6H2,1-4H3. The fourth-order valence-corrected chi connectivity index (χ4v) is 3.30. The Hall–Kier alpha value is -2.22. The van der Waals surface area contributed by atoms with Gasteiger partial charge in [0.25, 0.3) is 0 Å². The fraction of sp³-hybridized carbons (Fsp3) is 0.333. The fourth-order valence-electron chi connectivity index (χ4n) is 3.30. The average Bonchev–Trinajstić information content (AvgIpc) is 2.55. The number of para-hydroxylation sites is 1. The Labute approximate surface area is 138 Å². The van der Waals surface area contributed by atoms with Crippen LogP contribution in [-0.4, -0.2) is 9.97 Å². The molecule has 0 fully saturated rings. The van der Waals surface area contributed by atoms with Crippen molar-refractivity contribution in [2.75, 3.05) is 0 Å². The second kappa shape index (κ2) is 6.49. The van der Waals surface area contributed by atoms with Gasteiger partial charge in [-0.25, -0.2) is 9.97 Å². The van der Waals surface area contributed by atoms with Crippen LogP contribution in [0, 0.1) is 13.8 Å². The van der Waals surface area contributed by atoms with Crippen molar-refractivity contribution in [2.24, 2.45) is 0 Å². The van der Waals surface area contributed by atoms with Gasteiger partial charge in [0, 0.05) is 16.6 Å². The lowest BCUT2D eigenvalue weighted by Crippen LogP contribution is -1.99. The first kappa shape index (κ1) is 15.7. The van der Waals surface area contributed by atoms with Crippen LogP contribution in [0.15, 0.2) is 42.5 Å². The van der Waals surface area contributed by atoms with Crippen LogP contribution in [0.4, 0.5) is 0 Å². The average molecular weight is 304 g/mol. The summed E-state index contributed by atoms with van der Waals surface area (Å²) in [5.74, 6) is 1.44. The number of aromatic nitrogens is 2. The Bertz CT molecular complexity index is 832. The number of hydrogen-bond donors (Lipinski definition) is 0. The summed E-state index contributed by atoms with van der Waals surface area (Å²) in [7, 11) is 0. The molecule has 1 aromatic heterocycles. The number of aryl methyl sites for hydroxylation is 2. The molecule has 0 aliphatic heterocycles. The van der Waals surface area contributed by atoms with Gasteiger partial charge in [0.05, 0.1) is 5.52 Å². The van der Waals surface area contributed by atoms with Crippen LogP contribution in [0.1, 0.15) is 49.4 Å². The summed E-state index contributed by atoms with van der Waals surface area (Å²) in [5, 5.41) is 1.13. The van der Waals surface area contributed by atoms with Gasteiger partial charge in [0.2, 0.25) is 0 Å². The number of fused-ring (bicyclic) bond motifs is 1. The summed E-state index contributed by atoms with van der Waals surface area (Å²) in [6, 6.07) is 15.0. The maximum absolute atomic E-state index is 4.79. The summed E-state index contributed by atoms with van der Waals surface area (Å²) < 4.78 is 0. The van der Waals surface area contributed by atoms with Crippen LogP contribution in [0.2, 0.25) is 0 Å². The monoisotopic (exact) mass is 304 g/mol. The molecule has 0 N–H and O–H groups in total. The lowest BCUT2D eigenvalue weighted by atomic mass is 9.91. The molecule has 0 saturated heterocycles. The normalized spacial score (nSPS) is 11.3. The molecule has 0 aliphatic carbocycles.